The number of primary sulfonamides is 1. The number of rotatable bonds is 6. The zero-order valence-electron chi connectivity index (χ0n) is 10.7. The second-order valence-electron chi connectivity index (χ2n) is 4.11. The zero-order valence-corrected chi connectivity index (χ0v) is 12.3. The van der Waals surface area contributed by atoms with E-state index in [0.717, 1.165) is 4.31 Å². The predicted octanol–water partition coefficient (Wildman–Crippen LogP) is -0.363. The summed E-state index contributed by atoms with van der Waals surface area (Å²) in [6.07, 6.45) is 0. The van der Waals surface area contributed by atoms with Crippen LogP contribution in [0.5, 0.6) is 0 Å². The number of nitrogens with zero attached hydrogens (tertiary/aromatic N) is 1. The van der Waals surface area contributed by atoms with Gasteiger partial charge >= 0.3 is 0 Å². The van der Waals surface area contributed by atoms with Gasteiger partial charge in [-0.25, -0.2) is 26.3 Å². The fourth-order valence-corrected chi connectivity index (χ4v) is 2.58. The Bertz CT molecular complexity index is 621. The third-order valence-electron chi connectivity index (χ3n) is 2.35. The Morgan fingerprint density at radius 1 is 1.11 bits per heavy atom. The lowest BCUT2D eigenvalue weighted by Gasteiger charge is -2.12. The number of sulfonamides is 2. The third-order valence-corrected chi connectivity index (χ3v) is 4.95. The van der Waals surface area contributed by atoms with Crippen LogP contribution in [0.25, 0.3) is 0 Å². The summed E-state index contributed by atoms with van der Waals surface area (Å²) in [5.41, 5.74) is 0.626. The van der Waals surface area contributed by atoms with Gasteiger partial charge in [0, 0.05) is 26.3 Å². The molecule has 7 nitrogen and oxygen atoms in total. The molecule has 0 saturated carbocycles. The molecule has 3 N–H and O–H groups in total. The van der Waals surface area contributed by atoms with Crippen LogP contribution in [0.1, 0.15) is 0 Å². The highest BCUT2D eigenvalue weighted by Crippen LogP contribution is 2.16. The van der Waals surface area contributed by atoms with Crippen LogP contribution in [0.4, 0.5) is 5.69 Å². The molecular formula is C10H17N3O4S2. The number of nitrogens with one attached hydrogen (secondary N) is 1. The van der Waals surface area contributed by atoms with E-state index in [9.17, 15) is 16.8 Å². The van der Waals surface area contributed by atoms with Crippen molar-refractivity contribution in [3.8, 4) is 0 Å². The lowest BCUT2D eigenvalue weighted by molar-refractivity contribution is 0.521. The van der Waals surface area contributed by atoms with Crippen molar-refractivity contribution in [2.45, 2.75) is 4.90 Å². The number of benzene rings is 1. The van der Waals surface area contributed by atoms with E-state index < -0.39 is 20.0 Å². The van der Waals surface area contributed by atoms with E-state index in [1.54, 1.807) is 12.1 Å². The summed E-state index contributed by atoms with van der Waals surface area (Å²) in [4.78, 5) is 0.175. The maximum absolute atomic E-state index is 11.8. The van der Waals surface area contributed by atoms with E-state index in [2.05, 4.69) is 5.32 Å². The fourth-order valence-electron chi connectivity index (χ4n) is 1.29. The maximum atomic E-state index is 11.8. The van der Waals surface area contributed by atoms with Crippen LogP contribution < -0.4 is 10.5 Å². The highest BCUT2D eigenvalue weighted by molar-refractivity contribution is 7.89. The number of hydrogen-bond acceptors (Lipinski definition) is 5. The standard InChI is InChI=1S/C10H17N3O4S2/c1-13(2)19(16,17)10-5-3-9(4-6-10)12-7-8-18(11,14)15/h3-6,12H,7-8H2,1-2H3,(H2,11,14,15). The Morgan fingerprint density at radius 3 is 2.05 bits per heavy atom. The Balaban J connectivity index is 2.73. The quantitative estimate of drug-likeness (QED) is 0.745. The van der Waals surface area contributed by atoms with E-state index >= 15 is 0 Å². The molecule has 0 bridgehead atoms. The first-order chi connectivity index (χ1) is 8.63. The molecule has 19 heavy (non-hydrogen) atoms. The van der Waals surface area contributed by atoms with Crippen LogP contribution in [0, 0.1) is 0 Å². The summed E-state index contributed by atoms with van der Waals surface area (Å²) in [5.74, 6) is -0.190. The van der Waals surface area contributed by atoms with E-state index in [4.69, 9.17) is 5.14 Å². The molecule has 0 fully saturated rings. The number of hydrogen-bond donors (Lipinski definition) is 2. The minimum atomic E-state index is -3.50. The summed E-state index contributed by atoms with van der Waals surface area (Å²) < 4.78 is 46.2. The molecule has 0 heterocycles. The van der Waals surface area contributed by atoms with Crippen molar-refractivity contribution in [1.82, 2.24) is 4.31 Å². The van der Waals surface area contributed by atoms with Gasteiger partial charge < -0.3 is 5.32 Å². The van der Waals surface area contributed by atoms with Crippen LogP contribution in [0.3, 0.4) is 0 Å². The Kier molecular flexibility index (Phi) is 4.91. The minimum absolute atomic E-state index is 0.165. The summed E-state index contributed by atoms with van der Waals surface area (Å²) in [6.45, 7) is 0.165. The lowest BCUT2D eigenvalue weighted by Crippen LogP contribution is -2.23. The maximum Gasteiger partial charge on any atom is 0.242 e. The largest absolute Gasteiger partial charge is 0.384 e. The van der Waals surface area contributed by atoms with E-state index in [-0.39, 0.29) is 17.2 Å². The minimum Gasteiger partial charge on any atom is -0.384 e. The highest BCUT2D eigenvalue weighted by Gasteiger charge is 2.16. The lowest BCUT2D eigenvalue weighted by atomic mass is 10.3. The van der Waals surface area contributed by atoms with Crippen molar-refractivity contribution in [3.63, 3.8) is 0 Å². The summed E-state index contributed by atoms with van der Waals surface area (Å²) in [7, 11) is -4.05. The molecule has 0 aliphatic carbocycles. The molecule has 0 aromatic heterocycles. The van der Waals surface area contributed by atoms with E-state index in [1.165, 1.54) is 26.2 Å². The van der Waals surface area contributed by atoms with Gasteiger partial charge in [0.1, 0.15) is 0 Å². The first-order valence-corrected chi connectivity index (χ1v) is 8.55. The Labute approximate surface area is 113 Å². The molecule has 0 spiro atoms. The van der Waals surface area contributed by atoms with Crippen molar-refractivity contribution in [2.24, 2.45) is 5.14 Å². The molecule has 9 heteroatoms. The average Bonchev–Trinajstić information content (AvgIpc) is 2.27. The molecule has 0 aliphatic rings. The predicted molar refractivity (Wildman–Crippen MR) is 73.8 cm³/mol. The summed E-state index contributed by atoms with van der Waals surface area (Å²) >= 11 is 0. The van der Waals surface area contributed by atoms with Crippen LogP contribution in [0.2, 0.25) is 0 Å². The van der Waals surface area contributed by atoms with Gasteiger partial charge in [-0.2, -0.15) is 0 Å². The van der Waals surface area contributed by atoms with Crippen molar-refractivity contribution in [2.75, 3.05) is 31.7 Å². The van der Waals surface area contributed by atoms with Gasteiger partial charge in [0.2, 0.25) is 20.0 Å². The van der Waals surface area contributed by atoms with Crippen molar-refractivity contribution >= 4 is 25.7 Å². The molecule has 0 radical (unpaired) electrons. The van der Waals surface area contributed by atoms with Gasteiger partial charge in [-0.1, -0.05) is 0 Å². The first-order valence-electron chi connectivity index (χ1n) is 5.40. The number of anilines is 1. The molecule has 0 saturated heterocycles. The van der Waals surface area contributed by atoms with Gasteiger partial charge in [0.15, 0.2) is 0 Å². The summed E-state index contributed by atoms with van der Waals surface area (Å²) in [6, 6.07) is 6.04. The van der Waals surface area contributed by atoms with Crippen LogP contribution in [-0.2, 0) is 20.0 Å². The monoisotopic (exact) mass is 307 g/mol. The third kappa shape index (κ3) is 4.78. The van der Waals surface area contributed by atoms with Crippen molar-refractivity contribution < 1.29 is 16.8 Å². The number of nitrogens with two attached hydrogens (primary N) is 1. The van der Waals surface area contributed by atoms with Gasteiger partial charge in [0.05, 0.1) is 10.6 Å². The molecular weight excluding hydrogens is 290 g/mol. The molecule has 1 aromatic carbocycles. The van der Waals surface area contributed by atoms with Crippen molar-refractivity contribution in [1.29, 1.82) is 0 Å². The molecule has 0 aliphatic heterocycles. The highest BCUT2D eigenvalue weighted by atomic mass is 32.2. The summed E-state index contributed by atoms with van der Waals surface area (Å²) in [5, 5.41) is 7.70. The Hall–Kier alpha value is -1.16. The zero-order chi connectivity index (χ0) is 14.7. The van der Waals surface area contributed by atoms with Gasteiger partial charge in [0.25, 0.3) is 0 Å². The van der Waals surface area contributed by atoms with E-state index in [0.29, 0.717) is 5.69 Å². The molecule has 1 aromatic rings. The second-order valence-corrected chi connectivity index (χ2v) is 7.99. The molecule has 108 valence electrons. The molecule has 0 unspecified atom stereocenters. The SMILES string of the molecule is CN(C)S(=O)(=O)c1ccc(NCCS(N)(=O)=O)cc1. The van der Waals surface area contributed by atoms with Gasteiger partial charge in [-0.05, 0) is 24.3 Å². The second kappa shape index (κ2) is 5.87. The average molecular weight is 307 g/mol. The van der Waals surface area contributed by atoms with Crippen molar-refractivity contribution in [3.05, 3.63) is 24.3 Å². The molecule has 0 amide bonds. The van der Waals surface area contributed by atoms with E-state index in [1.807, 2.05) is 0 Å². The first kappa shape index (κ1) is 15.9. The van der Waals surface area contributed by atoms with Crippen LogP contribution in [-0.4, -0.2) is 47.5 Å². The van der Waals surface area contributed by atoms with Gasteiger partial charge in [-0.15, -0.1) is 0 Å². The van der Waals surface area contributed by atoms with Gasteiger partial charge in [-0.3, -0.25) is 0 Å². The smallest absolute Gasteiger partial charge is 0.242 e. The Morgan fingerprint density at radius 2 is 1.63 bits per heavy atom. The van der Waals surface area contributed by atoms with Crippen LogP contribution in [0.15, 0.2) is 29.2 Å². The molecule has 0 atom stereocenters. The molecule has 1 rings (SSSR count). The topological polar surface area (TPSA) is 110 Å². The fraction of sp³-hybridized carbons (Fsp3) is 0.400. The van der Waals surface area contributed by atoms with Crippen LogP contribution >= 0.6 is 0 Å². The normalized spacial score (nSPS) is 12.6.